The molecule has 0 saturated heterocycles. The Morgan fingerprint density at radius 3 is 2.38 bits per heavy atom. The zero-order valence-electron chi connectivity index (χ0n) is 14.2. The molecule has 4 aliphatic carbocycles. The Kier molecular flexibility index (Phi) is 4.61. The molecule has 4 saturated carbocycles. The molecule has 1 aromatic carbocycles. The third kappa shape index (κ3) is 3.50. The van der Waals surface area contributed by atoms with Crippen LogP contribution >= 0.6 is 11.8 Å². The van der Waals surface area contributed by atoms with Gasteiger partial charge in [-0.2, -0.15) is 0 Å². The number of carbonyl (C=O) groups excluding carboxylic acids is 1. The third-order valence-electron chi connectivity index (χ3n) is 6.16. The summed E-state index contributed by atoms with van der Waals surface area (Å²) in [7, 11) is 0. The fourth-order valence-corrected chi connectivity index (χ4v) is 7.12. The first-order chi connectivity index (χ1) is 11.6. The molecule has 0 radical (unpaired) electrons. The van der Waals surface area contributed by atoms with E-state index in [1.807, 2.05) is 36.0 Å². The van der Waals surface area contributed by atoms with Crippen LogP contribution in [0.1, 0.15) is 49.7 Å². The molecule has 0 spiro atoms. The Bertz CT molecular complexity index is 580. The van der Waals surface area contributed by atoms with Gasteiger partial charge in [-0.3, -0.25) is 4.79 Å². The summed E-state index contributed by atoms with van der Waals surface area (Å²) in [5.41, 5.74) is 1.94. The molecule has 0 atom stereocenters. The number of nitrogens with one attached hydrogen (secondary N) is 1. The Labute approximate surface area is 148 Å². The van der Waals surface area contributed by atoms with E-state index in [-0.39, 0.29) is 12.5 Å². The lowest BCUT2D eigenvalue weighted by atomic mass is 9.56. The van der Waals surface area contributed by atoms with Gasteiger partial charge < -0.3 is 10.4 Å². The van der Waals surface area contributed by atoms with Crippen LogP contribution in [0, 0.1) is 17.8 Å². The minimum Gasteiger partial charge on any atom is -0.392 e. The predicted octanol–water partition coefficient (Wildman–Crippen LogP) is 3.50. The van der Waals surface area contributed by atoms with Crippen molar-refractivity contribution < 1.29 is 9.90 Å². The number of benzene rings is 1. The summed E-state index contributed by atoms with van der Waals surface area (Å²) >= 11 is 1.93. The summed E-state index contributed by atoms with van der Waals surface area (Å²) in [4.78, 5) is 12.3. The largest absolute Gasteiger partial charge is 0.392 e. The van der Waals surface area contributed by atoms with Gasteiger partial charge in [0.05, 0.1) is 12.4 Å². The van der Waals surface area contributed by atoms with E-state index in [0.717, 1.165) is 28.9 Å². The predicted molar refractivity (Wildman–Crippen MR) is 97.6 cm³/mol. The standard InChI is InChI=1S/C20H27NO2S/c22-12-15-3-1-2-14(4-15)11-21-19(23)13-24-20-8-16-5-17(9-20)7-18(6-16)10-20/h1-4,16-18,22H,5-13H2,(H,21,23). The fourth-order valence-electron chi connectivity index (χ4n) is 5.52. The maximum absolute atomic E-state index is 12.3. The van der Waals surface area contributed by atoms with E-state index in [9.17, 15) is 9.90 Å². The van der Waals surface area contributed by atoms with Gasteiger partial charge in [0.15, 0.2) is 0 Å². The molecular formula is C20H27NO2S. The molecule has 0 heterocycles. The van der Waals surface area contributed by atoms with Crippen LogP contribution in [-0.2, 0) is 17.9 Å². The lowest BCUT2D eigenvalue weighted by Gasteiger charge is -2.56. The van der Waals surface area contributed by atoms with Gasteiger partial charge in [0.1, 0.15) is 0 Å². The smallest absolute Gasteiger partial charge is 0.230 e. The number of hydrogen-bond acceptors (Lipinski definition) is 3. The number of rotatable bonds is 6. The van der Waals surface area contributed by atoms with Gasteiger partial charge >= 0.3 is 0 Å². The van der Waals surface area contributed by atoms with Crippen molar-refractivity contribution in [3.63, 3.8) is 0 Å². The van der Waals surface area contributed by atoms with Gasteiger partial charge in [-0.05, 0) is 67.4 Å². The molecule has 2 N–H and O–H groups in total. The van der Waals surface area contributed by atoms with Crippen LogP contribution in [0.2, 0.25) is 0 Å². The maximum atomic E-state index is 12.3. The monoisotopic (exact) mass is 345 g/mol. The van der Waals surface area contributed by atoms with Crippen molar-refractivity contribution in [2.75, 3.05) is 5.75 Å². The summed E-state index contributed by atoms with van der Waals surface area (Å²) in [5, 5.41) is 12.2. The molecule has 4 bridgehead atoms. The lowest BCUT2D eigenvalue weighted by molar-refractivity contribution is -0.118. The number of aliphatic hydroxyl groups excluding tert-OH is 1. The van der Waals surface area contributed by atoms with Crippen LogP contribution in [0.5, 0.6) is 0 Å². The average molecular weight is 346 g/mol. The molecular weight excluding hydrogens is 318 g/mol. The molecule has 1 amide bonds. The third-order valence-corrected chi connectivity index (χ3v) is 7.67. The molecule has 130 valence electrons. The van der Waals surface area contributed by atoms with Gasteiger partial charge in [0.2, 0.25) is 5.91 Å². The van der Waals surface area contributed by atoms with Gasteiger partial charge in [-0.15, -0.1) is 11.8 Å². The second-order valence-corrected chi connectivity index (χ2v) is 9.59. The molecule has 24 heavy (non-hydrogen) atoms. The van der Waals surface area contributed by atoms with Crippen molar-refractivity contribution in [3.05, 3.63) is 35.4 Å². The van der Waals surface area contributed by atoms with E-state index in [1.165, 1.54) is 38.5 Å². The second kappa shape index (κ2) is 6.72. The first-order valence-corrected chi connectivity index (χ1v) is 10.2. The van der Waals surface area contributed by atoms with Crippen LogP contribution in [-0.4, -0.2) is 21.5 Å². The van der Waals surface area contributed by atoms with Gasteiger partial charge in [-0.25, -0.2) is 0 Å². The summed E-state index contributed by atoms with van der Waals surface area (Å²) in [6.07, 6.45) is 8.38. The first-order valence-electron chi connectivity index (χ1n) is 9.23. The van der Waals surface area contributed by atoms with Crippen molar-refractivity contribution in [1.82, 2.24) is 5.32 Å². The molecule has 0 unspecified atom stereocenters. The van der Waals surface area contributed by atoms with E-state index in [1.54, 1.807) is 0 Å². The normalized spacial score (nSPS) is 33.6. The molecule has 1 aromatic rings. The number of aliphatic hydroxyl groups is 1. The van der Waals surface area contributed by atoms with Crippen molar-refractivity contribution >= 4 is 17.7 Å². The average Bonchev–Trinajstić information content (AvgIpc) is 2.57. The van der Waals surface area contributed by atoms with Gasteiger partial charge in [0, 0.05) is 11.3 Å². The fraction of sp³-hybridized carbons (Fsp3) is 0.650. The van der Waals surface area contributed by atoms with E-state index in [2.05, 4.69) is 5.32 Å². The summed E-state index contributed by atoms with van der Waals surface area (Å²) in [6, 6.07) is 7.77. The van der Waals surface area contributed by atoms with Crippen molar-refractivity contribution in [2.45, 2.75) is 56.4 Å². The van der Waals surface area contributed by atoms with E-state index < -0.39 is 0 Å². The van der Waals surface area contributed by atoms with Crippen LogP contribution in [0.15, 0.2) is 24.3 Å². The number of thioether (sulfide) groups is 1. The Hall–Kier alpha value is -1.00. The highest BCUT2D eigenvalue weighted by atomic mass is 32.2. The Morgan fingerprint density at radius 2 is 1.75 bits per heavy atom. The SMILES string of the molecule is O=C(CSC12CC3CC(CC(C3)C1)C2)NCc1cccc(CO)c1. The summed E-state index contributed by atoms with van der Waals surface area (Å²) < 4.78 is 0.406. The minimum absolute atomic E-state index is 0.0453. The summed E-state index contributed by atoms with van der Waals surface area (Å²) in [5.74, 6) is 3.55. The lowest BCUT2D eigenvalue weighted by Crippen LogP contribution is -2.49. The zero-order chi connectivity index (χ0) is 16.6. The van der Waals surface area contributed by atoms with E-state index >= 15 is 0 Å². The van der Waals surface area contributed by atoms with Crippen molar-refractivity contribution in [2.24, 2.45) is 17.8 Å². The van der Waals surface area contributed by atoms with Crippen molar-refractivity contribution in [3.8, 4) is 0 Å². The van der Waals surface area contributed by atoms with Crippen LogP contribution in [0.4, 0.5) is 0 Å². The highest BCUT2D eigenvalue weighted by molar-refractivity contribution is 8.01. The van der Waals surface area contributed by atoms with Gasteiger partial charge in [-0.1, -0.05) is 24.3 Å². The quantitative estimate of drug-likeness (QED) is 0.830. The molecule has 5 rings (SSSR count). The molecule has 4 heteroatoms. The van der Waals surface area contributed by atoms with E-state index in [4.69, 9.17) is 0 Å². The number of carbonyl (C=O) groups is 1. The topological polar surface area (TPSA) is 49.3 Å². The highest BCUT2D eigenvalue weighted by Gasteiger charge is 2.51. The molecule has 0 aliphatic heterocycles. The number of amides is 1. The molecule has 0 aromatic heterocycles. The van der Waals surface area contributed by atoms with Gasteiger partial charge in [0.25, 0.3) is 0 Å². The molecule has 4 fully saturated rings. The minimum atomic E-state index is 0.0453. The van der Waals surface area contributed by atoms with Crippen LogP contribution < -0.4 is 5.32 Å². The second-order valence-electron chi connectivity index (χ2n) is 8.14. The molecule has 4 aliphatic rings. The zero-order valence-corrected chi connectivity index (χ0v) is 15.0. The first kappa shape index (κ1) is 16.5. The Morgan fingerprint density at radius 1 is 1.12 bits per heavy atom. The number of hydrogen-bond donors (Lipinski definition) is 2. The summed E-state index contributed by atoms with van der Waals surface area (Å²) in [6.45, 7) is 0.595. The van der Waals surface area contributed by atoms with Crippen LogP contribution in [0.3, 0.4) is 0 Å². The van der Waals surface area contributed by atoms with E-state index in [0.29, 0.717) is 17.0 Å². The van der Waals surface area contributed by atoms with Crippen molar-refractivity contribution in [1.29, 1.82) is 0 Å². The Balaban J connectivity index is 1.28. The van der Waals surface area contributed by atoms with Crippen LogP contribution in [0.25, 0.3) is 0 Å². The maximum Gasteiger partial charge on any atom is 0.230 e. The molecule has 3 nitrogen and oxygen atoms in total. The highest BCUT2D eigenvalue weighted by Crippen LogP contribution is 2.60.